The van der Waals surface area contributed by atoms with Crippen LogP contribution in [0.1, 0.15) is 24.5 Å². The topological polar surface area (TPSA) is 29.3 Å². The molecule has 2 rings (SSSR count). The van der Waals surface area contributed by atoms with Gasteiger partial charge in [0, 0.05) is 24.5 Å². The van der Waals surface area contributed by atoms with Crippen LogP contribution >= 0.6 is 0 Å². The smallest absolute Gasteiger partial charge is 0.0366 e. The third-order valence-electron chi connectivity index (χ3n) is 3.71. The Hall–Kier alpha value is -1.96. The van der Waals surface area contributed by atoms with Crippen molar-refractivity contribution >= 4 is 11.4 Å². The van der Waals surface area contributed by atoms with E-state index in [1.807, 2.05) is 12.1 Å². The van der Waals surface area contributed by atoms with Crippen LogP contribution < -0.4 is 10.6 Å². The minimum Gasteiger partial charge on any atom is -0.399 e. The number of nitrogen functional groups attached to an aromatic ring is 1. The summed E-state index contributed by atoms with van der Waals surface area (Å²) in [6.45, 7) is 6.43. The maximum Gasteiger partial charge on any atom is 0.0366 e. The lowest BCUT2D eigenvalue weighted by molar-refractivity contribution is 0.747. The largest absolute Gasteiger partial charge is 0.399 e. The lowest BCUT2D eigenvalue weighted by Gasteiger charge is -2.23. The third kappa shape index (κ3) is 3.77. The zero-order chi connectivity index (χ0) is 14.4. The number of para-hydroxylation sites is 1. The molecule has 2 aromatic rings. The number of aryl methyl sites for hydroxylation is 2. The van der Waals surface area contributed by atoms with Gasteiger partial charge in [0.25, 0.3) is 0 Å². The van der Waals surface area contributed by atoms with Crippen LogP contribution in [0, 0.1) is 6.92 Å². The van der Waals surface area contributed by atoms with Crippen molar-refractivity contribution in [2.24, 2.45) is 0 Å². The van der Waals surface area contributed by atoms with Gasteiger partial charge in [-0.2, -0.15) is 0 Å². The number of nitrogens with zero attached hydrogens (tertiary/aromatic N) is 1. The Morgan fingerprint density at radius 1 is 1.00 bits per heavy atom. The summed E-state index contributed by atoms with van der Waals surface area (Å²) < 4.78 is 0. The molecule has 0 radical (unpaired) electrons. The van der Waals surface area contributed by atoms with Crippen molar-refractivity contribution in [1.29, 1.82) is 0 Å². The lowest BCUT2D eigenvalue weighted by Crippen LogP contribution is -2.24. The van der Waals surface area contributed by atoms with Crippen LogP contribution in [0.5, 0.6) is 0 Å². The monoisotopic (exact) mass is 268 g/mol. The van der Waals surface area contributed by atoms with Gasteiger partial charge in [-0.1, -0.05) is 35.9 Å². The summed E-state index contributed by atoms with van der Waals surface area (Å²) in [5, 5.41) is 0. The molecule has 0 aliphatic rings. The Balaban J connectivity index is 1.91. The van der Waals surface area contributed by atoms with Gasteiger partial charge in [0.1, 0.15) is 0 Å². The van der Waals surface area contributed by atoms with E-state index in [1.54, 1.807) is 0 Å². The first-order valence-corrected chi connectivity index (χ1v) is 7.35. The zero-order valence-electron chi connectivity index (χ0n) is 12.5. The summed E-state index contributed by atoms with van der Waals surface area (Å²) in [5.74, 6) is 0. The van der Waals surface area contributed by atoms with E-state index in [4.69, 9.17) is 5.73 Å². The second kappa shape index (κ2) is 6.99. The highest BCUT2D eigenvalue weighted by atomic mass is 15.1. The van der Waals surface area contributed by atoms with Crippen LogP contribution in [0.2, 0.25) is 0 Å². The van der Waals surface area contributed by atoms with Crippen molar-refractivity contribution in [1.82, 2.24) is 0 Å². The van der Waals surface area contributed by atoms with Gasteiger partial charge in [-0.15, -0.1) is 0 Å². The number of anilines is 2. The van der Waals surface area contributed by atoms with E-state index in [9.17, 15) is 0 Å². The molecule has 0 atom stereocenters. The predicted octanol–water partition coefficient (Wildman–Crippen LogP) is 4.04. The molecular weight excluding hydrogens is 244 g/mol. The maximum absolute atomic E-state index is 5.98. The lowest BCUT2D eigenvalue weighted by atomic mass is 10.1. The average Bonchev–Trinajstić information content (AvgIpc) is 2.47. The minimum atomic E-state index is 0.908. The van der Waals surface area contributed by atoms with Crippen molar-refractivity contribution in [3.8, 4) is 0 Å². The fraction of sp³-hybridized carbons (Fsp3) is 0.333. The van der Waals surface area contributed by atoms with Crippen LogP contribution in [0.15, 0.2) is 48.5 Å². The van der Waals surface area contributed by atoms with Gasteiger partial charge in [0.15, 0.2) is 0 Å². The summed E-state index contributed by atoms with van der Waals surface area (Å²) in [6, 6.07) is 16.9. The first-order valence-electron chi connectivity index (χ1n) is 7.35. The molecule has 0 amide bonds. The predicted molar refractivity (Wildman–Crippen MR) is 88.2 cm³/mol. The van der Waals surface area contributed by atoms with Gasteiger partial charge in [-0.25, -0.2) is 0 Å². The van der Waals surface area contributed by atoms with Crippen LogP contribution in [0.4, 0.5) is 11.4 Å². The van der Waals surface area contributed by atoms with Gasteiger partial charge in [-0.3, -0.25) is 0 Å². The van der Waals surface area contributed by atoms with Crippen molar-refractivity contribution < 1.29 is 0 Å². The Labute approximate surface area is 122 Å². The number of hydrogen-bond acceptors (Lipinski definition) is 2. The highest BCUT2D eigenvalue weighted by Crippen LogP contribution is 2.17. The Bertz CT molecular complexity index is 531. The fourth-order valence-electron chi connectivity index (χ4n) is 2.45. The maximum atomic E-state index is 5.98. The molecule has 2 nitrogen and oxygen atoms in total. The highest BCUT2D eigenvalue weighted by Gasteiger charge is 2.04. The first-order chi connectivity index (χ1) is 9.70. The van der Waals surface area contributed by atoms with Crippen LogP contribution in [0.3, 0.4) is 0 Å². The van der Waals surface area contributed by atoms with E-state index in [0.29, 0.717) is 0 Å². The molecule has 0 fully saturated rings. The van der Waals surface area contributed by atoms with E-state index in [0.717, 1.165) is 31.6 Å². The van der Waals surface area contributed by atoms with E-state index < -0.39 is 0 Å². The van der Waals surface area contributed by atoms with Crippen LogP contribution in [-0.4, -0.2) is 13.1 Å². The number of benzene rings is 2. The highest BCUT2D eigenvalue weighted by molar-refractivity contribution is 5.48. The summed E-state index contributed by atoms with van der Waals surface area (Å²) in [5.41, 5.74) is 10.8. The van der Waals surface area contributed by atoms with Gasteiger partial charge >= 0.3 is 0 Å². The summed E-state index contributed by atoms with van der Waals surface area (Å²) >= 11 is 0. The number of nitrogens with two attached hydrogens (primary N) is 1. The van der Waals surface area contributed by atoms with Crippen molar-refractivity contribution in [3.05, 3.63) is 59.7 Å². The molecule has 0 aliphatic carbocycles. The molecule has 2 N–H and O–H groups in total. The molecule has 2 heteroatoms. The van der Waals surface area contributed by atoms with Gasteiger partial charge in [0.2, 0.25) is 0 Å². The Morgan fingerprint density at radius 2 is 1.70 bits per heavy atom. The second-order valence-electron chi connectivity index (χ2n) is 5.22. The number of rotatable bonds is 6. The summed E-state index contributed by atoms with van der Waals surface area (Å²) in [4.78, 5) is 2.42. The molecular formula is C18H24N2. The second-order valence-corrected chi connectivity index (χ2v) is 5.22. The zero-order valence-corrected chi connectivity index (χ0v) is 12.5. The molecule has 106 valence electrons. The van der Waals surface area contributed by atoms with Crippen molar-refractivity contribution in [2.45, 2.75) is 26.7 Å². The molecule has 0 spiro atoms. The molecule has 20 heavy (non-hydrogen) atoms. The normalized spacial score (nSPS) is 10.5. The SMILES string of the molecule is CCN(CCCc1ccccc1N)c1ccc(C)cc1. The quantitative estimate of drug-likeness (QED) is 0.801. The van der Waals surface area contributed by atoms with E-state index in [-0.39, 0.29) is 0 Å². The number of hydrogen-bond donors (Lipinski definition) is 1. The van der Waals surface area contributed by atoms with Crippen molar-refractivity contribution in [3.63, 3.8) is 0 Å². The Kier molecular flexibility index (Phi) is 5.05. The third-order valence-corrected chi connectivity index (χ3v) is 3.71. The van der Waals surface area contributed by atoms with Crippen LogP contribution in [-0.2, 0) is 6.42 Å². The standard InChI is InChI=1S/C18H24N2/c1-3-20(17-12-10-15(2)11-13-17)14-6-8-16-7-4-5-9-18(16)19/h4-5,7,9-13H,3,6,8,14,19H2,1-2H3. The molecule has 0 aromatic heterocycles. The fourth-order valence-corrected chi connectivity index (χ4v) is 2.45. The van der Waals surface area contributed by atoms with E-state index in [2.05, 4.69) is 55.1 Å². The molecule has 0 unspecified atom stereocenters. The van der Waals surface area contributed by atoms with Gasteiger partial charge < -0.3 is 10.6 Å². The van der Waals surface area contributed by atoms with Gasteiger partial charge in [-0.05, 0) is 50.5 Å². The molecule has 0 aliphatic heterocycles. The molecule has 0 saturated heterocycles. The average molecular weight is 268 g/mol. The van der Waals surface area contributed by atoms with Crippen LogP contribution in [0.25, 0.3) is 0 Å². The Morgan fingerprint density at radius 3 is 2.35 bits per heavy atom. The minimum absolute atomic E-state index is 0.908. The molecule has 0 heterocycles. The summed E-state index contributed by atoms with van der Waals surface area (Å²) in [6.07, 6.45) is 2.16. The molecule has 0 bridgehead atoms. The summed E-state index contributed by atoms with van der Waals surface area (Å²) in [7, 11) is 0. The van der Waals surface area contributed by atoms with E-state index in [1.165, 1.54) is 16.8 Å². The van der Waals surface area contributed by atoms with Gasteiger partial charge in [0.05, 0.1) is 0 Å². The molecule has 2 aromatic carbocycles. The molecule has 0 saturated carbocycles. The first kappa shape index (κ1) is 14.4. The van der Waals surface area contributed by atoms with Crippen molar-refractivity contribution in [2.75, 3.05) is 23.7 Å². The van der Waals surface area contributed by atoms with E-state index >= 15 is 0 Å².